The molecule has 172 valence electrons. The van der Waals surface area contributed by atoms with E-state index in [0.717, 1.165) is 10.9 Å². The minimum Gasteiger partial charge on any atom is -0.484 e. The first kappa shape index (κ1) is 24.3. The summed E-state index contributed by atoms with van der Waals surface area (Å²) < 4.78 is 11.9. The molecule has 6 nitrogen and oxygen atoms in total. The van der Waals surface area contributed by atoms with E-state index in [4.69, 9.17) is 9.47 Å². The van der Waals surface area contributed by atoms with Gasteiger partial charge in [-0.05, 0) is 76.3 Å². The molecular formula is C26H27BrN2O4. The largest absolute Gasteiger partial charge is 0.484 e. The van der Waals surface area contributed by atoms with Gasteiger partial charge >= 0.3 is 0 Å². The lowest BCUT2D eigenvalue weighted by Gasteiger charge is -2.13. The van der Waals surface area contributed by atoms with E-state index < -0.39 is 0 Å². The first-order chi connectivity index (χ1) is 15.9. The summed E-state index contributed by atoms with van der Waals surface area (Å²) in [6, 6.07) is 21.9. The van der Waals surface area contributed by atoms with E-state index in [9.17, 15) is 9.59 Å². The molecule has 0 aliphatic rings. The number of hydrogen-bond acceptors (Lipinski definition) is 4. The van der Waals surface area contributed by atoms with E-state index in [1.54, 1.807) is 36.4 Å². The summed E-state index contributed by atoms with van der Waals surface area (Å²) >= 11 is 3.51. The van der Waals surface area contributed by atoms with Crippen molar-refractivity contribution in [2.75, 3.05) is 23.8 Å². The Bertz CT molecular complexity index is 1090. The first-order valence-electron chi connectivity index (χ1n) is 10.7. The van der Waals surface area contributed by atoms with E-state index >= 15 is 0 Å². The monoisotopic (exact) mass is 510 g/mol. The van der Waals surface area contributed by atoms with E-state index in [1.807, 2.05) is 36.4 Å². The number of carbonyl (C=O) groups excluding carboxylic acids is 2. The SMILES string of the molecule is CC[C@@H](C)c1ccc(OCC(=O)Nc2cccc(NC(=O)COc3ccccc3)c2)c(Br)c1. The minimum absolute atomic E-state index is 0.112. The molecule has 0 aliphatic heterocycles. The van der Waals surface area contributed by atoms with Crippen LogP contribution in [0.4, 0.5) is 11.4 Å². The molecule has 0 spiro atoms. The zero-order valence-corrected chi connectivity index (χ0v) is 20.2. The Morgan fingerprint density at radius 1 is 0.848 bits per heavy atom. The van der Waals surface area contributed by atoms with Crippen LogP contribution in [0.2, 0.25) is 0 Å². The maximum absolute atomic E-state index is 12.4. The Labute approximate surface area is 202 Å². The lowest BCUT2D eigenvalue weighted by Crippen LogP contribution is -2.21. The lowest BCUT2D eigenvalue weighted by molar-refractivity contribution is -0.118. The van der Waals surface area contributed by atoms with E-state index in [1.165, 1.54) is 5.56 Å². The van der Waals surface area contributed by atoms with Crippen molar-refractivity contribution >= 4 is 39.1 Å². The van der Waals surface area contributed by atoms with Crippen LogP contribution in [-0.2, 0) is 9.59 Å². The van der Waals surface area contributed by atoms with Crippen molar-refractivity contribution in [1.29, 1.82) is 0 Å². The summed E-state index contributed by atoms with van der Waals surface area (Å²) in [7, 11) is 0. The number of halogens is 1. The number of benzene rings is 3. The number of ether oxygens (including phenoxy) is 2. The molecule has 2 amide bonds. The molecule has 1 atom stereocenters. The van der Waals surface area contributed by atoms with Crippen LogP contribution < -0.4 is 20.1 Å². The third kappa shape index (κ3) is 7.64. The van der Waals surface area contributed by atoms with Gasteiger partial charge in [0.1, 0.15) is 11.5 Å². The van der Waals surface area contributed by atoms with Crippen LogP contribution in [0.1, 0.15) is 31.7 Å². The van der Waals surface area contributed by atoms with Crippen molar-refractivity contribution < 1.29 is 19.1 Å². The van der Waals surface area contributed by atoms with Crippen molar-refractivity contribution in [1.82, 2.24) is 0 Å². The number of nitrogens with one attached hydrogen (secondary N) is 2. The first-order valence-corrected chi connectivity index (χ1v) is 11.5. The molecule has 0 saturated heterocycles. The van der Waals surface area contributed by atoms with E-state index in [2.05, 4.69) is 40.4 Å². The summed E-state index contributed by atoms with van der Waals surface area (Å²) in [6.45, 7) is 4.07. The highest BCUT2D eigenvalue weighted by atomic mass is 79.9. The molecule has 0 unspecified atom stereocenters. The summed E-state index contributed by atoms with van der Waals surface area (Å²) in [5.41, 5.74) is 2.32. The third-order valence-corrected chi connectivity index (χ3v) is 5.66. The molecule has 0 saturated carbocycles. The second-order valence-electron chi connectivity index (χ2n) is 7.57. The van der Waals surface area contributed by atoms with Gasteiger partial charge in [0, 0.05) is 11.4 Å². The molecule has 0 aliphatic carbocycles. The number of carbonyl (C=O) groups is 2. The number of rotatable bonds is 10. The lowest BCUT2D eigenvalue weighted by atomic mass is 9.99. The quantitative estimate of drug-likeness (QED) is 0.350. The molecule has 0 bridgehead atoms. The van der Waals surface area contributed by atoms with Crippen molar-refractivity contribution in [2.24, 2.45) is 0 Å². The van der Waals surface area contributed by atoms with Gasteiger partial charge < -0.3 is 20.1 Å². The predicted molar refractivity (Wildman–Crippen MR) is 134 cm³/mol. The van der Waals surface area contributed by atoms with Gasteiger partial charge in [0.25, 0.3) is 11.8 Å². The number of para-hydroxylation sites is 1. The zero-order valence-electron chi connectivity index (χ0n) is 18.6. The zero-order chi connectivity index (χ0) is 23.6. The summed E-state index contributed by atoms with van der Waals surface area (Å²) in [5, 5.41) is 5.54. The van der Waals surface area contributed by atoms with Gasteiger partial charge in [-0.15, -0.1) is 0 Å². The standard InChI is InChI=1S/C26H27BrN2O4/c1-3-18(2)19-12-13-24(23(27)14-19)33-17-26(31)29-21-9-7-8-20(15-21)28-25(30)16-32-22-10-5-4-6-11-22/h4-15,18H,3,16-17H2,1-2H3,(H,28,30)(H,29,31)/t18-/m1/s1. The number of anilines is 2. The summed E-state index contributed by atoms with van der Waals surface area (Å²) in [6.07, 6.45) is 1.05. The van der Waals surface area contributed by atoms with E-state index in [-0.39, 0.29) is 25.0 Å². The van der Waals surface area contributed by atoms with Crippen molar-refractivity contribution in [3.63, 3.8) is 0 Å². The average molecular weight is 511 g/mol. The summed E-state index contributed by atoms with van der Waals surface area (Å²) in [5.74, 6) is 1.09. The maximum atomic E-state index is 12.4. The molecule has 0 aromatic heterocycles. The van der Waals surface area contributed by atoms with Crippen LogP contribution in [0.5, 0.6) is 11.5 Å². The molecule has 33 heavy (non-hydrogen) atoms. The van der Waals surface area contributed by atoms with Gasteiger partial charge in [-0.25, -0.2) is 0 Å². The summed E-state index contributed by atoms with van der Waals surface area (Å²) in [4.78, 5) is 24.5. The Morgan fingerprint density at radius 3 is 2.09 bits per heavy atom. The van der Waals surface area contributed by atoms with E-state index in [0.29, 0.717) is 28.8 Å². The second-order valence-corrected chi connectivity index (χ2v) is 8.42. The Hall–Kier alpha value is -3.32. The van der Waals surface area contributed by atoms with Crippen LogP contribution >= 0.6 is 15.9 Å². The molecule has 0 radical (unpaired) electrons. The Balaban J connectivity index is 1.49. The topological polar surface area (TPSA) is 76.7 Å². The predicted octanol–water partition coefficient (Wildman–Crippen LogP) is 6.00. The minimum atomic E-state index is -0.302. The van der Waals surface area contributed by atoms with Gasteiger partial charge in [0.15, 0.2) is 13.2 Å². The molecule has 7 heteroatoms. The average Bonchev–Trinajstić information content (AvgIpc) is 2.82. The highest BCUT2D eigenvalue weighted by Crippen LogP contribution is 2.30. The van der Waals surface area contributed by atoms with Crippen LogP contribution in [-0.4, -0.2) is 25.0 Å². The van der Waals surface area contributed by atoms with Crippen LogP contribution in [0, 0.1) is 0 Å². The highest BCUT2D eigenvalue weighted by Gasteiger charge is 2.10. The highest BCUT2D eigenvalue weighted by molar-refractivity contribution is 9.10. The fourth-order valence-corrected chi connectivity index (χ4v) is 3.57. The van der Waals surface area contributed by atoms with Crippen LogP contribution in [0.3, 0.4) is 0 Å². The Kier molecular flexibility index (Phi) is 8.89. The number of amides is 2. The molecule has 0 heterocycles. The van der Waals surface area contributed by atoms with Crippen LogP contribution in [0.25, 0.3) is 0 Å². The second kappa shape index (κ2) is 12.1. The van der Waals surface area contributed by atoms with Crippen molar-refractivity contribution in [3.8, 4) is 11.5 Å². The molecule has 3 rings (SSSR count). The van der Waals surface area contributed by atoms with Crippen LogP contribution in [0.15, 0.2) is 77.3 Å². The van der Waals surface area contributed by atoms with Crippen molar-refractivity contribution in [2.45, 2.75) is 26.2 Å². The number of hydrogen-bond donors (Lipinski definition) is 2. The Morgan fingerprint density at radius 2 is 1.48 bits per heavy atom. The maximum Gasteiger partial charge on any atom is 0.262 e. The van der Waals surface area contributed by atoms with Gasteiger partial charge in [0.05, 0.1) is 4.47 Å². The molecule has 2 N–H and O–H groups in total. The normalized spacial score (nSPS) is 11.4. The van der Waals surface area contributed by atoms with Gasteiger partial charge in [-0.2, -0.15) is 0 Å². The van der Waals surface area contributed by atoms with Gasteiger partial charge in [-0.1, -0.05) is 44.2 Å². The fourth-order valence-electron chi connectivity index (χ4n) is 3.05. The fraction of sp³-hybridized carbons (Fsp3) is 0.231. The van der Waals surface area contributed by atoms with Crippen molar-refractivity contribution in [3.05, 3.63) is 82.8 Å². The molecular weight excluding hydrogens is 484 g/mol. The van der Waals surface area contributed by atoms with Gasteiger partial charge in [0.2, 0.25) is 0 Å². The van der Waals surface area contributed by atoms with Gasteiger partial charge in [-0.3, -0.25) is 9.59 Å². The smallest absolute Gasteiger partial charge is 0.262 e. The molecule has 3 aromatic rings. The third-order valence-electron chi connectivity index (χ3n) is 5.04. The molecule has 0 fully saturated rings. The molecule has 3 aromatic carbocycles.